The van der Waals surface area contributed by atoms with Gasteiger partial charge in [-0.2, -0.15) is 0 Å². The molecule has 1 unspecified atom stereocenters. The van der Waals surface area contributed by atoms with Gasteiger partial charge in [0.25, 0.3) is 11.8 Å². The fourth-order valence-electron chi connectivity index (χ4n) is 2.60. The van der Waals surface area contributed by atoms with Crippen molar-refractivity contribution in [1.29, 1.82) is 0 Å². The lowest BCUT2D eigenvalue weighted by Gasteiger charge is -2.17. The number of nitrogens with one attached hydrogen (secondary N) is 4. The molecule has 0 saturated heterocycles. The van der Waals surface area contributed by atoms with Crippen molar-refractivity contribution in [3.63, 3.8) is 0 Å². The minimum Gasteiger partial charge on any atom is -0.326 e. The SMILES string of the molecule is CC[NH+](CC(=O)Nc1ccc(NC(C)=O)cc1)CC(=O)Nc1cc(Cl)ccc1F. The molecule has 0 aliphatic carbocycles. The Morgan fingerprint density at radius 2 is 1.48 bits per heavy atom. The lowest BCUT2D eigenvalue weighted by atomic mass is 10.2. The summed E-state index contributed by atoms with van der Waals surface area (Å²) in [6, 6.07) is 10.6. The number of amides is 3. The Bertz CT molecular complexity index is 890. The van der Waals surface area contributed by atoms with Gasteiger partial charge in [0, 0.05) is 23.3 Å². The van der Waals surface area contributed by atoms with Crippen molar-refractivity contribution in [3.05, 3.63) is 53.3 Å². The number of carbonyl (C=O) groups is 3. The number of hydrogen-bond donors (Lipinski definition) is 4. The van der Waals surface area contributed by atoms with Gasteiger partial charge in [-0.25, -0.2) is 4.39 Å². The number of rotatable bonds is 8. The van der Waals surface area contributed by atoms with Gasteiger partial charge in [0.2, 0.25) is 5.91 Å². The molecule has 0 aromatic heterocycles. The van der Waals surface area contributed by atoms with Gasteiger partial charge in [0.15, 0.2) is 13.1 Å². The molecule has 4 N–H and O–H groups in total. The quantitative estimate of drug-likeness (QED) is 0.524. The summed E-state index contributed by atoms with van der Waals surface area (Å²) in [5.41, 5.74) is 1.20. The molecule has 0 saturated carbocycles. The summed E-state index contributed by atoms with van der Waals surface area (Å²) in [5.74, 6) is -1.45. The monoisotopic (exact) mass is 421 g/mol. The number of quaternary nitrogens is 1. The first-order chi connectivity index (χ1) is 13.8. The normalized spacial score (nSPS) is 11.4. The van der Waals surface area contributed by atoms with E-state index in [1.54, 1.807) is 24.3 Å². The number of benzene rings is 2. The van der Waals surface area contributed by atoms with E-state index >= 15 is 0 Å². The Balaban J connectivity index is 1.88. The van der Waals surface area contributed by atoms with Gasteiger partial charge in [-0.05, 0) is 49.4 Å². The van der Waals surface area contributed by atoms with Gasteiger partial charge in [-0.15, -0.1) is 0 Å². The first-order valence-electron chi connectivity index (χ1n) is 9.02. The van der Waals surface area contributed by atoms with Crippen LogP contribution in [0.2, 0.25) is 5.02 Å². The highest BCUT2D eigenvalue weighted by atomic mass is 35.5. The summed E-state index contributed by atoms with van der Waals surface area (Å²) in [7, 11) is 0. The van der Waals surface area contributed by atoms with Crippen molar-refractivity contribution >= 4 is 46.4 Å². The Morgan fingerprint density at radius 1 is 0.931 bits per heavy atom. The van der Waals surface area contributed by atoms with Crippen molar-refractivity contribution in [1.82, 2.24) is 0 Å². The highest BCUT2D eigenvalue weighted by Crippen LogP contribution is 2.19. The van der Waals surface area contributed by atoms with Crippen molar-refractivity contribution in [3.8, 4) is 0 Å². The molecule has 0 aliphatic rings. The lowest BCUT2D eigenvalue weighted by Crippen LogP contribution is -3.13. The summed E-state index contributed by atoms with van der Waals surface area (Å²) in [4.78, 5) is 36.2. The van der Waals surface area contributed by atoms with Gasteiger partial charge in [-0.3, -0.25) is 14.4 Å². The minimum absolute atomic E-state index is 0.00154. The fraction of sp³-hybridized carbons (Fsp3) is 0.250. The van der Waals surface area contributed by atoms with Crippen LogP contribution in [0.3, 0.4) is 0 Å². The Labute approximate surface area is 173 Å². The number of likely N-dealkylation sites (N-methyl/N-ethyl adjacent to an activating group) is 1. The van der Waals surface area contributed by atoms with Gasteiger partial charge < -0.3 is 20.9 Å². The topological polar surface area (TPSA) is 91.7 Å². The number of hydrogen-bond acceptors (Lipinski definition) is 3. The second-order valence-corrected chi connectivity index (χ2v) is 6.87. The van der Waals surface area contributed by atoms with Crippen LogP contribution in [-0.2, 0) is 14.4 Å². The predicted octanol–water partition coefficient (Wildman–Crippen LogP) is 1.92. The minimum atomic E-state index is -0.582. The third kappa shape index (κ3) is 7.52. The van der Waals surface area contributed by atoms with Crippen LogP contribution in [0, 0.1) is 5.82 Å². The van der Waals surface area contributed by atoms with Gasteiger partial charge in [0.05, 0.1) is 12.2 Å². The van der Waals surface area contributed by atoms with Crippen LogP contribution in [0.5, 0.6) is 0 Å². The second-order valence-electron chi connectivity index (χ2n) is 6.44. The average molecular weight is 422 g/mol. The number of carbonyl (C=O) groups excluding carboxylic acids is 3. The predicted molar refractivity (Wildman–Crippen MR) is 111 cm³/mol. The molecule has 0 heterocycles. The molecule has 154 valence electrons. The standard InChI is InChI=1S/C20H22ClFN4O3/c1-3-26(12-20(29)25-18-10-14(21)4-9-17(18)22)11-19(28)24-16-7-5-15(6-8-16)23-13(2)27/h4-10H,3,11-12H2,1-2H3,(H,23,27)(H,24,28)(H,25,29)/p+1. The van der Waals surface area contributed by atoms with Crippen molar-refractivity contribution in [2.24, 2.45) is 0 Å². The van der Waals surface area contributed by atoms with Crippen LogP contribution >= 0.6 is 11.6 Å². The average Bonchev–Trinajstić information content (AvgIpc) is 2.65. The van der Waals surface area contributed by atoms with Gasteiger partial charge in [-0.1, -0.05) is 11.6 Å². The highest BCUT2D eigenvalue weighted by molar-refractivity contribution is 6.30. The highest BCUT2D eigenvalue weighted by Gasteiger charge is 2.18. The van der Waals surface area contributed by atoms with E-state index in [4.69, 9.17) is 11.6 Å². The molecule has 9 heteroatoms. The number of anilines is 3. The van der Waals surface area contributed by atoms with E-state index in [0.717, 1.165) is 0 Å². The molecule has 2 rings (SSSR count). The van der Waals surface area contributed by atoms with E-state index in [1.165, 1.54) is 25.1 Å². The van der Waals surface area contributed by atoms with Crippen molar-refractivity contribution < 1.29 is 23.7 Å². The smallest absolute Gasteiger partial charge is 0.279 e. The van der Waals surface area contributed by atoms with Crippen molar-refractivity contribution in [2.45, 2.75) is 13.8 Å². The summed E-state index contributed by atoms with van der Waals surface area (Å²) in [6.45, 7) is 3.85. The molecule has 0 radical (unpaired) electrons. The maximum atomic E-state index is 13.7. The molecular formula is C20H23ClFN4O3+. The molecule has 2 aromatic rings. The largest absolute Gasteiger partial charge is 0.326 e. The molecule has 0 spiro atoms. The van der Waals surface area contributed by atoms with E-state index in [2.05, 4.69) is 16.0 Å². The first kappa shape index (κ1) is 22.3. The van der Waals surface area contributed by atoms with Crippen LogP contribution in [0.1, 0.15) is 13.8 Å². The van der Waals surface area contributed by atoms with Crippen LogP contribution in [-0.4, -0.2) is 37.4 Å². The third-order valence-electron chi connectivity index (χ3n) is 4.01. The van der Waals surface area contributed by atoms with E-state index in [0.29, 0.717) is 27.8 Å². The molecule has 0 aliphatic heterocycles. The van der Waals surface area contributed by atoms with Crippen LogP contribution in [0.25, 0.3) is 0 Å². The van der Waals surface area contributed by atoms with E-state index in [1.807, 2.05) is 6.92 Å². The lowest BCUT2D eigenvalue weighted by molar-refractivity contribution is -0.881. The maximum absolute atomic E-state index is 13.7. The molecule has 2 aromatic carbocycles. The van der Waals surface area contributed by atoms with Gasteiger partial charge >= 0.3 is 0 Å². The molecule has 29 heavy (non-hydrogen) atoms. The van der Waals surface area contributed by atoms with Crippen LogP contribution in [0.4, 0.5) is 21.5 Å². The fourth-order valence-corrected chi connectivity index (χ4v) is 2.77. The summed E-state index contributed by atoms with van der Waals surface area (Å²) >= 11 is 5.82. The molecule has 0 fully saturated rings. The molecule has 7 nitrogen and oxygen atoms in total. The molecular weight excluding hydrogens is 399 g/mol. The van der Waals surface area contributed by atoms with Crippen molar-refractivity contribution in [2.75, 3.05) is 35.6 Å². The number of halogens is 2. The van der Waals surface area contributed by atoms with Crippen LogP contribution in [0.15, 0.2) is 42.5 Å². The zero-order valence-corrected chi connectivity index (χ0v) is 16.9. The third-order valence-corrected chi connectivity index (χ3v) is 4.25. The Kier molecular flexibility index (Phi) is 8.11. The van der Waals surface area contributed by atoms with Crippen LogP contribution < -0.4 is 20.9 Å². The summed E-state index contributed by atoms with van der Waals surface area (Å²) in [6.07, 6.45) is 0. The molecule has 0 bridgehead atoms. The van der Waals surface area contributed by atoms with Gasteiger partial charge in [0.1, 0.15) is 5.82 Å². The Morgan fingerprint density at radius 3 is 2.03 bits per heavy atom. The summed E-state index contributed by atoms with van der Waals surface area (Å²) < 4.78 is 13.7. The molecule has 3 amide bonds. The Hall–Kier alpha value is -2.97. The van der Waals surface area contributed by atoms with E-state index < -0.39 is 11.7 Å². The second kappa shape index (κ2) is 10.5. The van der Waals surface area contributed by atoms with E-state index in [9.17, 15) is 18.8 Å². The summed E-state index contributed by atoms with van der Waals surface area (Å²) in [5, 5.41) is 8.17. The molecule has 1 atom stereocenters. The first-order valence-corrected chi connectivity index (χ1v) is 9.40. The zero-order valence-electron chi connectivity index (χ0n) is 16.1. The maximum Gasteiger partial charge on any atom is 0.279 e. The zero-order chi connectivity index (χ0) is 21.4. The van der Waals surface area contributed by atoms with E-state index in [-0.39, 0.29) is 30.6 Å².